The van der Waals surface area contributed by atoms with Gasteiger partial charge < -0.3 is 19.3 Å². The highest BCUT2D eigenvalue weighted by molar-refractivity contribution is 8.00. The Morgan fingerprint density at radius 2 is 1.13 bits per heavy atom. The first-order chi connectivity index (χ1) is 15.2. The summed E-state index contributed by atoms with van der Waals surface area (Å²) in [5, 5.41) is 2.10. The van der Waals surface area contributed by atoms with E-state index in [0.717, 1.165) is 104 Å². The number of thioether (sulfide) groups is 2. The lowest BCUT2D eigenvalue weighted by atomic mass is 10.4. The standard InChI is InChI=1S/C21H30N6O2S2/c1-16-14-18(24-20(22-16)26-4-8-28-9-5-26)30-12-3-13-31-19-15-17(2)23-21(25-19)27-6-10-29-11-7-27/h14-15H,3-13H2,1-2H3. The van der Waals surface area contributed by atoms with Crippen molar-refractivity contribution in [1.82, 2.24) is 19.9 Å². The Bertz CT molecular complexity index is 790. The molecule has 0 radical (unpaired) electrons. The monoisotopic (exact) mass is 462 g/mol. The van der Waals surface area contributed by atoms with Gasteiger partial charge in [0.25, 0.3) is 0 Å². The lowest BCUT2D eigenvalue weighted by molar-refractivity contribution is 0.122. The zero-order chi connectivity index (χ0) is 21.5. The van der Waals surface area contributed by atoms with Gasteiger partial charge in [-0.1, -0.05) is 0 Å². The minimum absolute atomic E-state index is 0.743. The van der Waals surface area contributed by atoms with E-state index in [9.17, 15) is 0 Å². The molecule has 10 heteroatoms. The maximum atomic E-state index is 5.44. The number of nitrogens with zero attached hydrogens (tertiary/aromatic N) is 6. The lowest BCUT2D eigenvalue weighted by Gasteiger charge is -2.27. The van der Waals surface area contributed by atoms with E-state index in [1.165, 1.54) is 0 Å². The van der Waals surface area contributed by atoms with Crippen LogP contribution in [0.2, 0.25) is 0 Å². The fourth-order valence-electron chi connectivity index (χ4n) is 3.42. The number of rotatable bonds is 8. The van der Waals surface area contributed by atoms with Crippen molar-refractivity contribution in [3.63, 3.8) is 0 Å². The number of hydrogen-bond acceptors (Lipinski definition) is 10. The van der Waals surface area contributed by atoms with Crippen molar-refractivity contribution in [3.05, 3.63) is 23.5 Å². The van der Waals surface area contributed by atoms with Crippen LogP contribution in [0.15, 0.2) is 22.2 Å². The number of hydrogen-bond donors (Lipinski definition) is 0. The van der Waals surface area contributed by atoms with Gasteiger partial charge in [0.05, 0.1) is 26.4 Å². The summed E-state index contributed by atoms with van der Waals surface area (Å²) in [5.74, 6) is 3.69. The van der Waals surface area contributed by atoms with Gasteiger partial charge >= 0.3 is 0 Å². The molecule has 2 aromatic heterocycles. The summed E-state index contributed by atoms with van der Waals surface area (Å²) in [6, 6.07) is 4.15. The number of aromatic nitrogens is 4. The first-order valence-corrected chi connectivity index (χ1v) is 12.8. The second-order valence-electron chi connectivity index (χ2n) is 7.54. The van der Waals surface area contributed by atoms with Crippen molar-refractivity contribution in [2.24, 2.45) is 0 Å². The molecule has 0 bridgehead atoms. The van der Waals surface area contributed by atoms with Gasteiger partial charge in [0, 0.05) is 49.1 Å². The average Bonchev–Trinajstić information content (AvgIpc) is 2.79. The smallest absolute Gasteiger partial charge is 0.226 e. The van der Waals surface area contributed by atoms with Crippen LogP contribution >= 0.6 is 23.5 Å². The quantitative estimate of drug-likeness (QED) is 0.332. The molecule has 2 aliphatic heterocycles. The maximum absolute atomic E-state index is 5.44. The molecule has 168 valence electrons. The van der Waals surface area contributed by atoms with Crippen LogP contribution in [0.5, 0.6) is 0 Å². The molecule has 2 fully saturated rings. The molecule has 0 spiro atoms. The van der Waals surface area contributed by atoms with Gasteiger partial charge in [-0.2, -0.15) is 0 Å². The SMILES string of the molecule is Cc1cc(SCCCSc2cc(C)nc(N3CCOCC3)n2)nc(N2CCOCC2)n1. The summed E-state index contributed by atoms with van der Waals surface area (Å²) in [4.78, 5) is 23.2. The Morgan fingerprint density at radius 1 is 0.710 bits per heavy atom. The molecular weight excluding hydrogens is 432 g/mol. The molecule has 0 aliphatic carbocycles. The fraction of sp³-hybridized carbons (Fsp3) is 0.619. The molecule has 0 N–H and O–H groups in total. The molecule has 0 atom stereocenters. The van der Waals surface area contributed by atoms with Crippen molar-refractivity contribution in [2.45, 2.75) is 30.3 Å². The number of aryl methyl sites for hydroxylation is 2. The minimum Gasteiger partial charge on any atom is -0.378 e. The van der Waals surface area contributed by atoms with Crippen LogP contribution in [0.3, 0.4) is 0 Å². The van der Waals surface area contributed by atoms with Crippen molar-refractivity contribution in [2.75, 3.05) is 73.9 Å². The minimum atomic E-state index is 0.743. The van der Waals surface area contributed by atoms with Crippen molar-refractivity contribution in [3.8, 4) is 0 Å². The van der Waals surface area contributed by atoms with E-state index in [1.54, 1.807) is 23.5 Å². The van der Waals surface area contributed by atoms with E-state index in [-0.39, 0.29) is 0 Å². The summed E-state index contributed by atoms with van der Waals surface area (Å²) in [6.07, 6.45) is 1.08. The molecule has 2 aromatic rings. The van der Waals surface area contributed by atoms with Crippen LogP contribution < -0.4 is 9.80 Å². The van der Waals surface area contributed by atoms with Gasteiger partial charge in [-0.15, -0.1) is 23.5 Å². The van der Waals surface area contributed by atoms with Crippen LogP contribution in [0.1, 0.15) is 17.8 Å². The third-order valence-electron chi connectivity index (χ3n) is 5.01. The van der Waals surface area contributed by atoms with Crippen LogP contribution in [0, 0.1) is 13.8 Å². The number of ether oxygens (including phenoxy) is 2. The Balaban J connectivity index is 1.26. The van der Waals surface area contributed by atoms with Gasteiger partial charge in [0.1, 0.15) is 10.1 Å². The predicted octanol–water partition coefficient (Wildman–Crippen LogP) is 2.83. The van der Waals surface area contributed by atoms with Crippen molar-refractivity contribution < 1.29 is 9.47 Å². The molecule has 2 saturated heterocycles. The highest BCUT2D eigenvalue weighted by Gasteiger charge is 2.16. The van der Waals surface area contributed by atoms with E-state index in [4.69, 9.17) is 19.4 Å². The van der Waals surface area contributed by atoms with E-state index in [2.05, 4.69) is 31.9 Å². The van der Waals surface area contributed by atoms with E-state index in [1.807, 2.05) is 13.8 Å². The Kier molecular flexibility index (Phi) is 8.23. The van der Waals surface area contributed by atoms with Gasteiger partial charge in [-0.25, -0.2) is 19.9 Å². The Labute approximate surface area is 192 Å². The van der Waals surface area contributed by atoms with Crippen LogP contribution in [-0.2, 0) is 9.47 Å². The van der Waals surface area contributed by atoms with Gasteiger partial charge in [-0.3, -0.25) is 0 Å². The predicted molar refractivity (Wildman–Crippen MR) is 126 cm³/mol. The third-order valence-corrected chi connectivity index (χ3v) is 7.01. The molecule has 0 amide bonds. The molecular formula is C21H30N6O2S2. The van der Waals surface area contributed by atoms with E-state index < -0.39 is 0 Å². The van der Waals surface area contributed by atoms with Gasteiger partial charge in [0.2, 0.25) is 11.9 Å². The summed E-state index contributed by atoms with van der Waals surface area (Å²) in [5.41, 5.74) is 2.03. The van der Waals surface area contributed by atoms with Gasteiger partial charge in [-0.05, 0) is 32.4 Å². The summed E-state index contributed by atoms with van der Waals surface area (Å²) in [7, 11) is 0. The summed E-state index contributed by atoms with van der Waals surface area (Å²) < 4.78 is 10.9. The zero-order valence-electron chi connectivity index (χ0n) is 18.2. The maximum Gasteiger partial charge on any atom is 0.226 e. The molecule has 0 saturated carbocycles. The first kappa shape index (κ1) is 22.6. The average molecular weight is 463 g/mol. The van der Waals surface area contributed by atoms with E-state index in [0.29, 0.717) is 0 Å². The van der Waals surface area contributed by atoms with Crippen molar-refractivity contribution >= 4 is 35.4 Å². The topological polar surface area (TPSA) is 76.5 Å². The number of anilines is 2. The lowest BCUT2D eigenvalue weighted by Crippen LogP contribution is -2.37. The van der Waals surface area contributed by atoms with E-state index >= 15 is 0 Å². The largest absolute Gasteiger partial charge is 0.378 e. The van der Waals surface area contributed by atoms with Gasteiger partial charge in [0.15, 0.2) is 0 Å². The molecule has 31 heavy (non-hydrogen) atoms. The first-order valence-electron chi connectivity index (χ1n) is 10.8. The van der Waals surface area contributed by atoms with Crippen LogP contribution in [-0.4, -0.2) is 84.0 Å². The van der Waals surface area contributed by atoms with Crippen LogP contribution in [0.25, 0.3) is 0 Å². The second kappa shape index (κ2) is 11.3. The Hall–Kier alpha value is -1.62. The molecule has 8 nitrogen and oxygen atoms in total. The number of morpholine rings is 2. The fourth-order valence-corrected chi connectivity index (χ4v) is 5.40. The molecule has 2 aliphatic rings. The molecule has 0 unspecified atom stereocenters. The highest BCUT2D eigenvalue weighted by atomic mass is 32.2. The highest BCUT2D eigenvalue weighted by Crippen LogP contribution is 2.24. The summed E-state index contributed by atoms with van der Waals surface area (Å²) >= 11 is 3.60. The molecule has 4 rings (SSSR count). The zero-order valence-corrected chi connectivity index (χ0v) is 19.9. The summed E-state index contributed by atoms with van der Waals surface area (Å²) in [6.45, 7) is 10.5. The van der Waals surface area contributed by atoms with Crippen LogP contribution in [0.4, 0.5) is 11.9 Å². The van der Waals surface area contributed by atoms with Crippen molar-refractivity contribution in [1.29, 1.82) is 0 Å². The molecule has 0 aromatic carbocycles. The third kappa shape index (κ3) is 6.68. The molecule has 4 heterocycles. The Morgan fingerprint density at radius 3 is 1.55 bits per heavy atom. The normalized spacial score (nSPS) is 17.2. The second-order valence-corrected chi connectivity index (χ2v) is 9.77.